The van der Waals surface area contributed by atoms with Crippen LogP contribution in [-0.2, 0) is 0 Å². The lowest BCUT2D eigenvalue weighted by molar-refractivity contribution is 0.0696. The van der Waals surface area contributed by atoms with Crippen molar-refractivity contribution in [3.63, 3.8) is 0 Å². The number of hydrogen-bond acceptors (Lipinski definition) is 3. The van der Waals surface area contributed by atoms with E-state index < -0.39 is 11.5 Å². The van der Waals surface area contributed by atoms with Crippen molar-refractivity contribution in [3.05, 3.63) is 68.8 Å². The number of halogens is 1. The van der Waals surface area contributed by atoms with Crippen molar-refractivity contribution in [3.8, 4) is 22.4 Å². The summed E-state index contributed by atoms with van der Waals surface area (Å²) >= 11 is 7.63. The largest absolute Gasteiger partial charge is 0.477 e. The Morgan fingerprint density at radius 3 is 2.67 bits per heavy atom. The average molecular weight is 356 g/mol. The van der Waals surface area contributed by atoms with Gasteiger partial charge in [-0.05, 0) is 29.1 Å². The number of carboxylic acid groups (broad SMARTS) is 1. The Morgan fingerprint density at radius 1 is 1.08 bits per heavy atom. The normalized spacial score (nSPS) is 11.2. The molecule has 0 spiro atoms. The summed E-state index contributed by atoms with van der Waals surface area (Å²) in [6, 6.07) is 12.9. The van der Waals surface area contributed by atoms with Crippen molar-refractivity contribution in [2.75, 3.05) is 0 Å². The van der Waals surface area contributed by atoms with Crippen LogP contribution in [0.3, 0.4) is 0 Å². The van der Waals surface area contributed by atoms with E-state index in [-0.39, 0.29) is 5.56 Å². The summed E-state index contributed by atoms with van der Waals surface area (Å²) in [4.78, 5) is 25.6. The predicted octanol–water partition coefficient (Wildman–Crippen LogP) is 4.71. The molecule has 118 valence electrons. The quantitative estimate of drug-likeness (QED) is 0.547. The van der Waals surface area contributed by atoms with Gasteiger partial charge < -0.3 is 10.1 Å². The van der Waals surface area contributed by atoms with Gasteiger partial charge in [-0.15, -0.1) is 11.3 Å². The zero-order valence-corrected chi connectivity index (χ0v) is 13.7. The van der Waals surface area contributed by atoms with Gasteiger partial charge in [-0.1, -0.05) is 35.9 Å². The lowest BCUT2D eigenvalue weighted by Crippen LogP contribution is -2.10. The second-order valence-corrected chi connectivity index (χ2v) is 6.72. The number of nitrogens with one attached hydrogen (secondary N) is 1. The number of aromatic carboxylic acids is 1. The number of benzene rings is 1. The van der Waals surface area contributed by atoms with Gasteiger partial charge in [-0.25, -0.2) is 4.79 Å². The topological polar surface area (TPSA) is 70.2 Å². The first kappa shape index (κ1) is 14.9. The molecule has 0 unspecified atom stereocenters. The third-order valence-electron chi connectivity index (χ3n) is 3.96. The molecule has 0 bridgehead atoms. The minimum absolute atomic E-state index is 0.228. The Bertz CT molecular complexity index is 1130. The fraction of sp³-hybridized carbons (Fsp3) is 0. The minimum Gasteiger partial charge on any atom is -0.477 e. The summed E-state index contributed by atoms with van der Waals surface area (Å²) in [5, 5.41) is 13.0. The Hall–Kier alpha value is -2.63. The Morgan fingerprint density at radius 2 is 1.88 bits per heavy atom. The molecule has 0 atom stereocenters. The van der Waals surface area contributed by atoms with Crippen LogP contribution in [0.25, 0.3) is 32.5 Å². The standard InChI is InChI=1S/C18H10ClNO3S/c19-10-3-5-11-13(8-24-15(11)7-10)9-1-4-12-14(6-2-9)20-17(21)16(12)18(22)23/h1-8H,(H,20,21)(H,22,23). The SMILES string of the molecule is O=C(O)c1c2ccc(-c3csc4cc(Cl)ccc34)ccc-2[nH]c1=O. The van der Waals surface area contributed by atoms with Gasteiger partial charge in [0, 0.05) is 31.9 Å². The van der Waals surface area contributed by atoms with E-state index in [1.807, 2.05) is 35.7 Å². The van der Waals surface area contributed by atoms with Crippen molar-refractivity contribution >= 4 is 39.0 Å². The molecule has 4 rings (SSSR count). The molecule has 1 aliphatic carbocycles. The zero-order chi connectivity index (χ0) is 16.8. The van der Waals surface area contributed by atoms with Crippen molar-refractivity contribution < 1.29 is 9.90 Å². The van der Waals surface area contributed by atoms with Gasteiger partial charge >= 0.3 is 5.97 Å². The highest BCUT2D eigenvalue weighted by atomic mass is 35.5. The molecule has 2 heterocycles. The Labute approximate surface area is 145 Å². The van der Waals surface area contributed by atoms with Crippen LogP contribution < -0.4 is 5.56 Å². The van der Waals surface area contributed by atoms with Crippen molar-refractivity contribution in [1.82, 2.24) is 4.98 Å². The van der Waals surface area contributed by atoms with Gasteiger partial charge in [-0.3, -0.25) is 4.79 Å². The molecule has 2 N–H and O–H groups in total. The third-order valence-corrected chi connectivity index (χ3v) is 5.14. The van der Waals surface area contributed by atoms with Gasteiger partial charge in [0.05, 0.1) is 0 Å². The molecule has 6 heteroatoms. The summed E-state index contributed by atoms with van der Waals surface area (Å²) in [5.74, 6) is -1.23. The maximum Gasteiger partial charge on any atom is 0.342 e. The summed E-state index contributed by atoms with van der Waals surface area (Å²) in [7, 11) is 0. The molecule has 2 aromatic rings. The second kappa shape index (κ2) is 5.47. The fourth-order valence-corrected chi connectivity index (χ4v) is 4.08. The zero-order valence-electron chi connectivity index (χ0n) is 12.2. The number of rotatable bonds is 2. The van der Waals surface area contributed by atoms with Crippen LogP contribution in [0.2, 0.25) is 5.02 Å². The lowest BCUT2D eigenvalue weighted by Gasteiger charge is -1.97. The first-order chi connectivity index (χ1) is 11.5. The molecule has 4 nitrogen and oxygen atoms in total. The molecule has 24 heavy (non-hydrogen) atoms. The van der Waals surface area contributed by atoms with Crippen LogP contribution in [0.4, 0.5) is 0 Å². The van der Waals surface area contributed by atoms with Crippen LogP contribution in [-0.4, -0.2) is 16.1 Å². The lowest BCUT2D eigenvalue weighted by atomic mass is 10.1. The Balaban J connectivity index is 1.94. The summed E-state index contributed by atoms with van der Waals surface area (Å²) < 4.78 is 1.09. The molecule has 1 aromatic heterocycles. The summed E-state index contributed by atoms with van der Waals surface area (Å²) in [6.45, 7) is 0. The number of fused-ring (bicyclic) bond motifs is 2. The van der Waals surface area contributed by atoms with E-state index >= 15 is 0 Å². The molecule has 0 saturated heterocycles. The van der Waals surface area contributed by atoms with Crippen molar-refractivity contribution in [2.45, 2.75) is 0 Å². The van der Waals surface area contributed by atoms with Gasteiger partial charge in [0.25, 0.3) is 5.56 Å². The highest BCUT2D eigenvalue weighted by Crippen LogP contribution is 2.36. The molecule has 0 saturated carbocycles. The highest BCUT2D eigenvalue weighted by Gasteiger charge is 2.20. The number of hydrogen-bond donors (Lipinski definition) is 2. The minimum atomic E-state index is -1.23. The molecule has 0 radical (unpaired) electrons. The van der Waals surface area contributed by atoms with E-state index in [0.29, 0.717) is 16.3 Å². The first-order valence-corrected chi connectivity index (χ1v) is 8.37. The van der Waals surface area contributed by atoms with Crippen molar-refractivity contribution in [2.24, 2.45) is 0 Å². The molecule has 0 amide bonds. The van der Waals surface area contributed by atoms with Crippen LogP contribution >= 0.6 is 22.9 Å². The number of thiophene rings is 1. The Kier molecular flexibility index (Phi) is 3.40. The second-order valence-electron chi connectivity index (χ2n) is 5.37. The number of H-pyrrole nitrogens is 1. The van der Waals surface area contributed by atoms with Crippen molar-refractivity contribution in [1.29, 1.82) is 0 Å². The average Bonchev–Trinajstić information content (AvgIpc) is 3.02. The molecular weight excluding hydrogens is 346 g/mol. The van der Waals surface area contributed by atoms with E-state index in [0.717, 1.165) is 21.2 Å². The highest BCUT2D eigenvalue weighted by molar-refractivity contribution is 7.17. The van der Waals surface area contributed by atoms with E-state index in [1.54, 1.807) is 23.5 Å². The molecule has 1 aromatic carbocycles. The number of aromatic amines is 1. The van der Waals surface area contributed by atoms with Gasteiger partial charge in [0.1, 0.15) is 5.56 Å². The van der Waals surface area contributed by atoms with Gasteiger partial charge in [0.15, 0.2) is 0 Å². The smallest absolute Gasteiger partial charge is 0.342 e. The van der Waals surface area contributed by atoms with Crippen LogP contribution in [0.15, 0.2) is 52.6 Å². The fourth-order valence-electron chi connectivity index (χ4n) is 2.83. The summed E-state index contributed by atoms with van der Waals surface area (Å²) in [5.41, 5.74) is 2.09. The maximum atomic E-state index is 11.8. The van der Waals surface area contributed by atoms with E-state index in [9.17, 15) is 14.7 Å². The molecular formula is C18H10ClNO3S. The molecule has 1 aliphatic heterocycles. The number of carboxylic acids is 1. The number of aromatic nitrogens is 1. The maximum absolute atomic E-state index is 11.8. The summed E-state index contributed by atoms with van der Waals surface area (Å²) in [6.07, 6.45) is 0. The van der Waals surface area contributed by atoms with E-state index in [1.165, 1.54) is 0 Å². The van der Waals surface area contributed by atoms with Crippen LogP contribution in [0.5, 0.6) is 0 Å². The van der Waals surface area contributed by atoms with Gasteiger partial charge in [0.2, 0.25) is 0 Å². The first-order valence-electron chi connectivity index (χ1n) is 7.11. The van der Waals surface area contributed by atoms with Crippen LogP contribution in [0.1, 0.15) is 10.4 Å². The predicted molar refractivity (Wildman–Crippen MR) is 96.5 cm³/mol. The molecule has 2 aliphatic rings. The van der Waals surface area contributed by atoms with E-state index in [4.69, 9.17) is 11.6 Å². The van der Waals surface area contributed by atoms with E-state index in [2.05, 4.69) is 4.98 Å². The third kappa shape index (κ3) is 2.29. The molecule has 0 fully saturated rings. The number of carbonyl (C=O) groups is 1. The van der Waals surface area contributed by atoms with Gasteiger partial charge in [-0.2, -0.15) is 0 Å². The monoisotopic (exact) mass is 355 g/mol. The van der Waals surface area contributed by atoms with Crippen LogP contribution in [0, 0.1) is 0 Å².